The molecule has 0 saturated carbocycles. The van der Waals surface area contributed by atoms with E-state index in [1.165, 1.54) is 36.8 Å². The van der Waals surface area contributed by atoms with Crippen LogP contribution in [0.1, 0.15) is 70.2 Å². The van der Waals surface area contributed by atoms with Crippen LogP contribution in [0.3, 0.4) is 0 Å². The van der Waals surface area contributed by atoms with E-state index < -0.39 is 0 Å². The minimum atomic E-state index is 0.736. The molecule has 2 aromatic rings. The lowest BCUT2D eigenvalue weighted by Crippen LogP contribution is -2.10. The smallest absolute Gasteiger partial charge is 0.213 e. The molecule has 0 radical (unpaired) electrons. The average molecular weight is 369 g/mol. The number of aryl methyl sites for hydroxylation is 2. The SMILES string of the molecule is CCCCCCCOc1ccc2c(n1)CCc1nc(OCCCC)ccc1-2. The van der Waals surface area contributed by atoms with Crippen molar-refractivity contribution in [3.05, 3.63) is 35.7 Å². The highest BCUT2D eigenvalue weighted by molar-refractivity contribution is 5.71. The van der Waals surface area contributed by atoms with Gasteiger partial charge in [-0.05, 0) is 37.8 Å². The third-order valence-corrected chi connectivity index (χ3v) is 5.03. The molecule has 0 aliphatic heterocycles. The van der Waals surface area contributed by atoms with Crippen molar-refractivity contribution >= 4 is 0 Å². The van der Waals surface area contributed by atoms with Crippen molar-refractivity contribution in [3.8, 4) is 22.9 Å². The van der Waals surface area contributed by atoms with Gasteiger partial charge in [0.05, 0.1) is 24.6 Å². The van der Waals surface area contributed by atoms with Crippen LogP contribution in [0.15, 0.2) is 24.3 Å². The summed E-state index contributed by atoms with van der Waals surface area (Å²) in [4.78, 5) is 9.46. The Balaban J connectivity index is 1.60. The van der Waals surface area contributed by atoms with E-state index in [2.05, 4.69) is 26.0 Å². The molecule has 0 N–H and O–H groups in total. The van der Waals surface area contributed by atoms with E-state index in [4.69, 9.17) is 19.4 Å². The number of rotatable bonds is 11. The van der Waals surface area contributed by atoms with Gasteiger partial charge in [-0.1, -0.05) is 46.0 Å². The highest BCUT2D eigenvalue weighted by Crippen LogP contribution is 2.34. The molecule has 2 heterocycles. The first-order valence-electron chi connectivity index (χ1n) is 10.6. The lowest BCUT2D eigenvalue weighted by molar-refractivity contribution is 0.292. The highest BCUT2D eigenvalue weighted by Gasteiger charge is 2.19. The van der Waals surface area contributed by atoms with Gasteiger partial charge in [0.1, 0.15) is 0 Å². The molecule has 0 aromatic carbocycles. The summed E-state index contributed by atoms with van der Waals surface area (Å²) in [5.74, 6) is 1.49. The summed E-state index contributed by atoms with van der Waals surface area (Å²) in [6, 6.07) is 8.22. The first-order chi connectivity index (χ1) is 13.3. The largest absolute Gasteiger partial charge is 0.478 e. The summed E-state index contributed by atoms with van der Waals surface area (Å²) in [6.07, 6.45) is 10.2. The van der Waals surface area contributed by atoms with Crippen LogP contribution in [0.4, 0.5) is 0 Å². The molecule has 0 unspecified atom stereocenters. The van der Waals surface area contributed by atoms with Crippen molar-refractivity contribution in [1.82, 2.24) is 9.97 Å². The fourth-order valence-corrected chi connectivity index (χ4v) is 3.44. The molecule has 2 aromatic heterocycles. The quantitative estimate of drug-likeness (QED) is 0.472. The second-order valence-electron chi connectivity index (χ2n) is 7.25. The number of unbranched alkanes of at least 4 members (excludes halogenated alkanes) is 5. The molecular formula is C23H32N2O2. The van der Waals surface area contributed by atoms with E-state index in [1.54, 1.807) is 0 Å². The molecule has 0 spiro atoms. The Morgan fingerprint density at radius 3 is 1.74 bits per heavy atom. The lowest BCUT2D eigenvalue weighted by Gasteiger charge is -2.19. The first kappa shape index (κ1) is 19.7. The summed E-state index contributed by atoms with van der Waals surface area (Å²) in [5.41, 5.74) is 4.59. The second-order valence-corrected chi connectivity index (χ2v) is 7.25. The molecule has 4 nitrogen and oxygen atoms in total. The predicted octanol–water partition coefficient (Wildman–Crippen LogP) is 5.77. The number of fused-ring (bicyclic) bond motifs is 3. The van der Waals surface area contributed by atoms with Crippen molar-refractivity contribution in [2.75, 3.05) is 13.2 Å². The summed E-state index contributed by atoms with van der Waals surface area (Å²) < 4.78 is 11.6. The third-order valence-electron chi connectivity index (χ3n) is 5.03. The zero-order valence-electron chi connectivity index (χ0n) is 16.8. The topological polar surface area (TPSA) is 44.2 Å². The van der Waals surface area contributed by atoms with Crippen LogP contribution in [-0.2, 0) is 12.8 Å². The van der Waals surface area contributed by atoms with Crippen LogP contribution in [-0.4, -0.2) is 23.2 Å². The molecule has 1 aliphatic carbocycles. The fourth-order valence-electron chi connectivity index (χ4n) is 3.44. The van der Waals surface area contributed by atoms with Gasteiger partial charge in [0, 0.05) is 23.3 Å². The van der Waals surface area contributed by atoms with E-state index >= 15 is 0 Å². The number of hydrogen-bond acceptors (Lipinski definition) is 4. The maximum Gasteiger partial charge on any atom is 0.213 e. The van der Waals surface area contributed by atoms with Gasteiger partial charge in [-0.25, -0.2) is 9.97 Å². The van der Waals surface area contributed by atoms with Gasteiger partial charge < -0.3 is 9.47 Å². The zero-order chi connectivity index (χ0) is 18.9. The number of pyridine rings is 2. The van der Waals surface area contributed by atoms with E-state index in [1.807, 2.05) is 12.1 Å². The number of ether oxygens (including phenoxy) is 2. The van der Waals surface area contributed by atoms with Crippen molar-refractivity contribution in [3.63, 3.8) is 0 Å². The molecule has 0 amide bonds. The van der Waals surface area contributed by atoms with Crippen molar-refractivity contribution < 1.29 is 9.47 Å². The highest BCUT2D eigenvalue weighted by atomic mass is 16.5. The van der Waals surface area contributed by atoms with Gasteiger partial charge in [-0.3, -0.25) is 0 Å². The minimum Gasteiger partial charge on any atom is -0.478 e. The Bertz CT molecular complexity index is 730. The van der Waals surface area contributed by atoms with E-state index in [0.29, 0.717) is 0 Å². The molecule has 146 valence electrons. The van der Waals surface area contributed by atoms with Crippen LogP contribution in [0, 0.1) is 0 Å². The predicted molar refractivity (Wildman–Crippen MR) is 110 cm³/mol. The van der Waals surface area contributed by atoms with Gasteiger partial charge in [0.15, 0.2) is 0 Å². The lowest BCUT2D eigenvalue weighted by atomic mass is 9.92. The monoisotopic (exact) mass is 368 g/mol. The van der Waals surface area contributed by atoms with Gasteiger partial charge in [0.25, 0.3) is 0 Å². The summed E-state index contributed by atoms with van der Waals surface area (Å²) in [5, 5.41) is 0. The van der Waals surface area contributed by atoms with Crippen LogP contribution in [0.2, 0.25) is 0 Å². The van der Waals surface area contributed by atoms with Gasteiger partial charge >= 0.3 is 0 Å². The number of aromatic nitrogens is 2. The Morgan fingerprint density at radius 2 is 1.19 bits per heavy atom. The molecule has 0 atom stereocenters. The van der Waals surface area contributed by atoms with E-state index in [0.717, 1.165) is 68.5 Å². The first-order valence-corrected chi connectivity index (χ1v) is 10.6. The van der Waals surface area contributed by atoms with Crippen LogP contribution in [0.5, 0.6) is 11.8 Å². The summed E-state index contributed by atoms with van der Waals surface area (Å²) >= 11 is 0. The van der Waals surface area contributed by atoms with Crippen molar-refractivity contribution in [1.29, 1.82) is 0 Å². The Morgan fingerprint density at radius 1 is 0.667 bits per heavy atom. The molecule has 0 bridgehead atoms. The van der Waals surface area contributed by atoms with Gasteiger partial charge in [-0.15, -0.1) is 0 Å². The molecule has 27 heavy (non-hydrogen) atoms. The average Bonchev–Trinajstić information content (AvgIpc) is 2.70. The molecule has 4 heteroatoms. The maximum atomic E-state index is 5.87. The Kier molecular flexibility index (Phi) is 7.49. The molecule has 0 fully saturated rings. The third kappa shape index (κ3) is 5.44. The fraction of sp³-hybridized carbons (Fsp3) is 0.565. The molecule has 3 rings (SSSR count). The van der Waals surface area contributed by atoms with Crippen LogP contribution < -0.4 is 9.47 Å². The zero-order valence-corrected chi connectivity index (χ0v) is 16.8. The van der Waals surface area contributed by atoms with Crippen molar-refractivity contribution in [2.24, 2.45) is 0 Å². The Hall–Kier alpha value is -2.10. The molecule has 0 saturated heterocycles. The van der Waals surface area contributed by atoms with Crippen LogP contribution >= 0.6 is 0 Å². The number of hydrogen-bond donors (Lipinski definition) is 0. The van der Waals surface area contributed by atoms with Crippen LogP contribution in [0.25, 0.3) is 11.1 Å². The number of nitrogens with zero attached hydrogens (tertiary/aromatic N) is 2. The second kappa shape index (κ2) is 10.3. The van der Waals surface area contributed by atoms with Gasteiger partial charge in [-0.2, -0.15) is 0 Å². The van der Waals surface area contributed by atoms with Crippen molar-refractivity contribution in [2.45, 2.75) is 71.6 Å². The normalized spacial score (nSPS) is 12.4. The molecular weight excluding hydrogens is 336 g/mol. The molecule has 1 aliphatic rings. The van der Waals surface area contributed by atoms with E-state index in [9.17, 15) is 0 Å². The van der Waals surface area contributed by atoms with Gasteiger partial charge in [0.2, 0.25) is 11.8 Å². The summed E-state index contributed by atoms with van der Waals surface area (Å²) in [6.45, 7) is 5.89. The summed E-state index contributed by atoms with van der Waals surface area (Å²) in [7, 11) is 0. The minimum absolute atomic E-state index is 0.736. The standard InChI is InChI=1S/C23H32N2O2/c1-3-5-7-8-9-17-27-23-15-11-19-18-10-14-22(26-16-6-4-2)24-20(18)12-13-21(19)25-23/h10-11,14-15H,3-9,12-13,16-17H2,1-2H3. The Labute approximate surface area is 163 Å². The maximum absolute atomic E-state index is 5.87. The van der Waals surface area contributed by atoms with E-state index in [-0.39, 0.29) is 0 Å².